The van der Waals surface area contributed by atoms with Gasteiger partial charge in [0.25, 0.3) is 0 Å². The third-order valence-corrected chi connectivity index (χ3v) is 1.97. The fourth-order valence-corrected chi connectivity index (χ4v) is 1.25. The Bertz CT molecular complexity index is 463. The highest BCUT2D eigenvalue weighted by molar-refractivity contribution is 5.82. The number of nitrogens with zero attached hydrogens (tertiary/aromatic N) is 2. The number of hydrogen-bond donors (Lipinski definition) is 3. The van der Waals surface area contributed by atoms with Crippen LogP contribution in [0.25, 0.3) is 0 Å². The smallest absolute Gasteiger partial charge is 0.326 e. The standard InChI is InChI=1S/C11H15N3O5/c1-6(2)19-8-3-4-12-11(14-8)13-7(10(17)18)5-9(15)16/h3-4,6-7H,5H2,1-2H3,(H,15,16)(H,17,18)(H,12,13,14). The molecule has 1 atom stereocenters. The Labute approximate surface area is 109 Å². The van der Waals surface area contributed by atoms with Crippen LogP contribution in [-0.2, 0) is 9.59 Å². The molecule has 3 N–H and O–H groups in total. The number of rotatable bonds is 7. The van der Waals surface area contributed by atoms with Crippen LogP contribution in [0.3, 0.4) is 0 Å². The second-order valence-electron chi connectivity index (χ2n) is 4.02. The quantitative estimate of drug-likeness (QED) is 0.658. The zero-order valence-electron chi connectivity index (χ0n) is 10.5. The first-order valence-electron chi connectivity index (χ1n) is 5.59. The van der Waals surface area contributed by atoms with Gasteiger partial charge in [-0.1, -0.05) is 0 Å². The van der Waals surface area contributed by atoms with E-state index in [2.05, 4.69) is 15.3 Å². The fourth-order valence-electron chi connectivity index (χ4n) is 1.25. The molecule has 19 heavy (non-hydrogen) atoms. The molecule has 8 nitrogen and oxygen atoms in total. The molecule has 104 valence electrons. The van der Waals surface area contributed by atoms with Crippen LogP contribution in [0.2, 0.25) is 0 Å². The van der Waals surface area contributed by atoms with E-state index >= 15 is 0 Å². The minimum atomic E-state index is -1.30. The lowest BCUT2D eigenvalue weighted by molar-refractivity contribution is -0.144. The summed E-state index contributed by atoms with van der Waals surface area (Å²) in [5.74, 6) is -2.23. The largest absolute Gasteiger partial charge is 0.481 e. The zero-order chi connectivity index (χ0) is 14.4. The van der Waals surface area contributed by atoms with Gasteiger partial charge in [-0.2, -0.15) is 4.98 Å². The van der Waals surface area contributed by atoms with Gasteiger partial charge in [0.15, 0.2) is 0 Å². The highest BCUT2D eigenvalue weighted by atomic mass is 16.5. The van der Waals surface area contributed by atoms with Crippen LogP contribution in [0.5, 0.6) is 5.88 Å². The fraction of sp³-hybridized carbons (Fsp3) is 0.455. The number of carboxylic acid groups (broad SMARTS) is 2. The predicted octanol–water partition coefficient (Wildman–Crippen LogP) is 0.604. The van der Waals surface area contributed by atoms with Crippen molar-refractivity contribution in [3.05, 3.63) is 12.3 Å². The summed E-state index contributed by atoms with van der Waals surface area (Å²) in [6.07, 6.45) is 0.734. The molecule has 8 heteroatoms. The molecule has 1 rings (SSSR count). The highest BCUT2D eigenvalue weighted by Crippen LogP contribution is 2.11. The predicted molar refractivity (Wildman–Crippen MR) is 65.1 cm³/mol. The lowest BCUT2D eigenvalue weighted by Crippen LogP contribution is -2.32. The van der Waals surface area contributed by atoms with E-state index in [1.165, 1.54) is 12.3 Å². The molecule has 0 saturated heterocycles. The number of carbonyl (C=O) groups is 2. The molecule has 0 aliphatic heterocycles. The molecule has 0 fully saturated rings. The van der Waals surface area contributed by atoms with E-state index in [9.17, 15) is 9.59 Å². The van der Waals surface area contributed by atoms with Crippen LogP contribution >= 0.6 is 0 Å². The van der Waals surface area contributed by atoms with Gasteiger partial charge in [0.1, 0.15) is 6.04 Å². The number of anilines is 1. The van der Waals surface area contributed by atoms with Gasteiger partial charge < -0.3 is 20.3 Å². The Morgan fingerprint density at radius 2 is 2.11 bits per heavy atom. The minimum absolute atomic E-state index is 0.00630. The molecule has 0 radical (unpaired) electrons. The zero-order valence-corrected chi connectivity index (χ0v) is 10.5. The van der Waals surface area contributed by atoms with Crippen LogP contribution in [0.1, 0.15) is 20.3 Å². The van der Waals surface area contributed by atoms with E-state index in [1.807, 2.05) is 13.8 Å². The van der Waals surface area contributed by atoms with Crippen molar-refractivity contribution in [2.24, 2.45) is 0 Å². The number of aromatic nitrogens is 2. The summed E-state index contributed by atoms with van der Waals surface area (Å²) in [4.78, 5) is 29.2. The maximum Gasteiger partial charge on any atom is 0.326 e. The first-order chi connectivity index (χ1) is 8.88. The van der Waals surface area contributed by atoms with Gasteiger partial charge in [-0.15, -0.1) is 0 Å². The van der Waals surface area contributed by atoms with Gasteiger partial charge in [0.2, 0.25) is 11.8 Å². The summed E-state index contributed by atoms with van der Waals surface area (Å²) in [6, 6.07) is 0.227. The van der Waals surface area contributed by atoms with Gasteiger partial charge in [0, 0.05) is 12.3 Å². The van der Waals surface area contributed by atoms with Crippen LogP contribution in [0.4, 0.5) is 5.95 Å². The number of ether oxygens (including phenoxy) is 1. The third-order valence-electron chi connectivity index (χ3n) is 1.97. The molecule has 1 unspecified atom stereocenters. The molecule has 0 aliphatic carbocycles. The van der Waals surface area contributed by atoms with E-state index < -0.39 is 24.4 Å². The molecule has 1 heterocycles. The Balaban J connectivity index is 2.78. The normalized spacial score (nSPS) is 11.9. The lowest BCUT2D eigenvalue weighted by atomic mass is 10.2. The first-order valence-corrected chi connectivity index (χ1v) is 5.59. The van der Waals surface area contributed by atoms with Crippen LogP contribution in [0.15, 0.2) is 12.3 Å². The van der Waals surface area contributed by atoms with Gasteiger partial charge in [-0.05, 0) is 13.8 Å². The molecule has 0 bridgehead atoms. The molecule has 0 saturated carbocycles. The molecule has 1 aromatic rings. The average Bonchev–Trinajstić information content (AvgIpc) is 2.26. The third kappa shape index (κ3) is 5.19. The SMILES string of the molecule is CC(C)Oc1ccnc(NC(CC(=O)O)C(=O)O)n1. The van der Waals surface area contributed by atoms with Crippen molar-refractivity contribution in [1.29, 1.82) is 0 Å². The number of carboxylic acids is 2. The second-order valence-corrected chi connectivity index (χ2v) is 4.02. The summed E-state index contributed by atoms with van der Waals surface area (Å²) >= 11 is 0. The Morgan fingerprint density at radius 3 is 2.63 bits per heavy atom. The van der Waals surface area contributed by atoms with E-state index in [0.29, 0.717) is 0 Å². The number of nitrogens with one attached hydrogen (secondary N) is 1. The van der Waals surface area contributed by atoms with Crippen molar-refractivity contribution in [2.45, 2.75) is 32.4 Å². The van der Waals surface area contributed by atoms with E-state index in [4.69, 9.17) is 14.9 Å². The van der Waals surface area contributed by atoms with Crippen molar-refractivity contribution in [3.63, 3.8) is 0 Å². The highest BCUT2D eigenvalue weighted by Gasteiger charge is 2.21. The van der Waals surface area contributed by atoms with Crippen molar-refractivity contribution in [3.8, 4) is 5.88 Å². The van der Waals surface area contributed by atoms with Gasteiger partial charge in [0.05, 0.1) is 12.5 Å². The Kier molecular flexibility index (Phi) is 5.04. The molecular weight excluding hydrogens is 254 g/mol. The summed E-state index contributed by atoms with van der Waals surface area (Å²) in [5.41, 5.74) is 0. The Hall–Kier alpha value is -2.38. The molecule has 0 amide bonds. The van der Waals surface area contributed by atoms with E-state index in [0.717, 1.165) is 0 Å². The number of aliphatic carboxylic acids is 2. The maximum atomic E-state index is 10.9. The lowest BCUT2D eigenvalue weighted by Gasteiger charge is -2.13. The Morgan fingerprint density at radius 1 is 1.42 bits per heavy atom. The molecule has 0 aliphatic rings. The van der Waals surface area contributed by atoms with Crippen molar-refractivity contribution < 1.29 is 24.5 Å². The first kappa shape index (κ1) is 14.7. The van der Waals surface area contributed by atoms with E-state index in [1.54, 1.807) is 0 Å². The van der Waals surface area contributed by atoms with Crippen LogP contribution in [0, 0.1) is 0 Å². The molecular formula is C11H15N3O5. The van der Waals surface area contributed by atoms with Crippen molar-refractivity contribution in [1.82, 2.24) is 9.97 Å². The molecule has 0 spiro atoms. The van der Waals surface area contributed by atoms with Crippen LogP contribution < -0.4 is 10.1 Å². The van der Waals surface area contributed by atoms with Gasteiger partial charge in [-0.25, -0.2) is 9.78 Å². The van der Waals surface area contributed by atoms with Gasteiger partial charge in [-0.3, -0.25) is 4.79 Å². The average molecular weight is 269 g/mol. The summed E-state index contributed by atoms with van der Waals surface area (Å²) < 4.78 is 5.32. The molecule has 0 aromatic carbocycles. The summed E-state index contributed by atoms with van der Waals surface area (Å²) in [7, 11) is 0. The van der Waals surface area contributed by atoms with Gasteiger partial charge >= 0.3 is 11.9 Å². The van der Waals surface area contributed by atoms with Crippen molar-refractivity contribution >= 4 is 17.9 Å². The monoisotopic (exact) mass is 269 g/mol. The second kappa shape index (κ2) is 6.53. The van der Waals surface area contributed by atoms with Crippen molar-refractivity contribution in [2.75, 3.05) is 5.32 Å². The summed E-state index contributed by atoms with van der Waals surface area (Å²) in [5, 5.41) is 19.9. The molecule has 1 aromatic heterocycles. The number of hydrogen-bond acceptors (Lipinski definition) is 6. The maximum absolute atomic E-state index is 10.9. The minimum Gasteiger partial charge on any atom is -0.481 e. The summed E-state index contributed by atoms with van der Waals surface area (Å²) in [6.45, 7) is 3.64. The van der Waals surface area contributed by atoms with Crippen LogP contribution in [-0.4, -0.2) is 44.3 Å². The topological polar surface area (TPSA) is 122 Å². The van der Waals surface area contributed by atoms with E-state index in [-0.39, 0.29) is 17.9 Å².